The van der Waals surface area contributed by atoms with Crippen LogP contribution in [0.25, 0.3) is 0 Å². The van der Waals surface area contributed by atoms with Crippen molar-refractivity contribution in [1.29, 1.82) is 0 Å². The quantitative estimate of drug-likeness (QED) is 0.863. The zero-order chi connectivity index (χ0) is 14.5. The average molecular weight is 280 g/mol. The number of aliphatic hydroxyl groups excluding tert-OH is 1. The second-order valence-electron chi connectivity index (χ2n) is 5.78. The average Bonchev–Trinajstić information content (AvgIpc) is 2.75. The molecule has 0 radical (unpaired) electrons. The third-order valence-electron chi connectivity index (χ3n) is 4.19. The standard InChI is InChI=1S/C15H24N2O3/c1-10-14(11(2)20-17-10)7-8-15(19)16-9-12-3-5-13(18)6-4-12/h12-13,18H,3-9H2,1-2H3,(H,16,19). The molecule has 20 heavy (non-hydrogen) atoms. The summed E-state index contributed by atoms with van der Waals surface area (Å²) in [6.45, 7) is 4.50. The molecular weight excluding hydrogens is 256 g/mol. The highest BCUT2D eigenvalue weighted by Gasteiger charge is 2.19. The van der Waals surface area contributed by atoms with Crippen LogP contribution in [0.4, 0.5) is 0 Å². The van der Waals surface area contributed by atoms with Crippen LogP contribution in [0.15, 0.2) is 4.52 Å². The summed E-state index contributed by atoms with van der Waals surface area (Å²) in [6.07, 6.45) is 4.74. The minimum absolute atomic E-state index is 0.0797. The molecule has 0 spiro atoms. The van der Waals surface area contributed by atoms with Crippen LogP contribution in [0.1, 0.15) is 49.1 Å². The lowest BCUT2D eigenvalue weighted by Crippen LogP contribution is -2.32. The number of nitrogens with zero attached hydrogens (tertiary/aromatic N) is 1. The molecule has 1 amide bonds. The predicted molar refractivity (Wildman–Crippen MR) is 75.3 cm³/mol. The fraction of sp³-hybridized carbons (Fsp3) is 0.733. The van der Waals surface area contributed by atoms with Gasteiger partial charge in [-0.2, -0.15) is 0 Å². The van der Waals surface area contributed by atoms with Gasteiger partial charge in [0, 0.05) is 18.5 Å². The van der Waals surface area contributed by atoms with Crippen LogP contribution in [0, 0.1) is 19.8 Å². The highest BCUT2D eigenvalue weighted by molar-refractivity contribution is 5.76. The van der Waals surface area contributed by atoms with Gasteiger partial charge in [0.2, 0.25) is 5.91 Å². The van der Waals surface area contributed by atoms with E-state index in [1.165, 1.54) is 0 Å². The summed E-state index contributed by atoms with van der Waals surface area (Å²) in [5.41, 5.74) is 1.91. The Hall–Kier alpha value is -1.36. The first kappa shape index (κ1) is 15.0. The van der Waals surface area contributed by atoms with E-state index in [0.717, 1.165) is 49.2 Å². The van der Waals surface area contributed by atoms with Crippen molar-refractivity contribution in [3.8, 4) is 0 Å². The van der Waals surface area contributed by atoms with Gasteiger partial charge in [0.05, 0.1) is 11.8 Å². The molecule has 1 saturated carbocycles. The summed E-state index contributed by atoms with van der Waals surface area (Å²) in [6, 6.07) is 0. The van der Waals surface area contributed by atoms with E-state index in [1.807, 2.05) is 13.8 Å². The molecular formula is C15H24N2O3. The monoisotopic (exact) mass is 280 g/mol. The highest BCUT2D eigenvalue weighted by atomic mass is 16.5. The Balaban J connectivity index is 1.68. The molecule has 1 heterocycles. The third kappa shape index (κ3) is 4.07. The number of nitrogens with one attached hydrogen (secondary N) is 1. The van der Waals surface area contributed by atoms with Crippen LogP contribution in [0.2, 0.25) is 0 Å². The number of hydrogen-bond acceptors (Lipinski definition) is 4. The van der Waals surface area contributed by atoms with Crippen LogP contribution in [-0.2, 0) is 11.2 Å². The van der Waals surface area contributed by atoms with Gasteiger partial charge in [-0.25, -0.2) is 0 Å². The molecule has 112 valence electrons. The number of rotatable bonds is 5. The molecule has 1 fully saturated rings. The van der Waals surface area contributed by atoms with Gasteiger partial charge < -0.3 is 14.9 Å². The number of amides is 1. The highest BCUT2D eigenvalue weighted by Crippen LogP contribution is 2.23. The van der Waals surface area contributed by atoms with Crippen LogP contribution >= 0.6 is 0 Å². The van der Waals surface area contributed by atoms with Gasteiger partial charge in [-0.15, -0.1) is 0 Å². The van der Waals surface area contributed by atoms with Gasteiger partial charge in [-0.05, 0) is 51.9 Å². The van der Waals surface area contributed by atoms with Gasteiger partial charge in [0.1, 0.15) is 5.76 Å². The van der Waals surface area contributed by atoms with Crippen LogP contribution in [0.3, 0.4) is 0 Å². The fourth-order valence-corrected chi connectivity index (χ4v) is 2.79. The zero-order valence-electron chi connectivity index (χ0n) is 12.3. The molecule has 0 atom stereocenters. The van der Waals surface area contributed by atoms with Crippen molar-refractivity contribution in [2.45, 2.75) is 58.5 Å². The first-order valence-corrected chi connectivity index (χ1v) is 7.42. The van der Waals surface area contributed by atoms with Crippen LogP contribution in [0.5, 0.6) is 0 Å². The molecule has 1 aromatic heterocycles. The molecule has 0 bridgehead atoms. The lowest BCUT2D eigenvalue weighted by Gasteiger charge is -2.25. The molecule has 1 aliphatic rings. The van der Waals surface area contributed by atoms with E-state index in [-0.39, 0.29) is 12.0 Å². The third-order valence-corrected chi connectivity index (χ3v) is 4.19. The summed E-state index contributed by atoms with van der Waals surface area (Å²) >= 11 is 0. The van der Waals surface area contributed by atoms with E-state index in [2.05, 4.69) is 10.5 Å². The molecule has 0 unspecified atom stereocenters. The summed E-state index contributed by atoms with van der Waals surface area (Å²) in [5, 5.41) is 16.3. The summed E-state index contributed by atoms with van der Waals surface area (Å²) in [7, 11) is 0. The van der Waals surface area contributed by atoms with Gasteiger partial charge in [-0.1, -0.05) is 5.16 Å². The Labute approximate surface area is 119 Å². The van der Waals surface area contributed by atoms with Gasteiger partial charge in [0.25, 0.3) is 0 Å². The number of carbonyl (C=O) groups is 1. The molecule has 2 N–H and O–H groups in total. The number of aryl methyl sites for hydroxylation is 2. The molecule has 0 saturated heterocycles. The lowest BCUT2D eigenvalue weighted by atomic mass is 9.87. The van der Waals surface area contributed by atoms with Crippen molar-refractivity contribution in [2.75, 3.05) is 6.54 Å². The van der Waals surface area contributed by atoms with Crippen molar-refractivity contribution >= 4 is 5.91 Å². The molecule has 1 aromatic rings. The maximum Gasteiger partial charge on any atom is 0.220 e. The molecule has 5 heteroatoms. The lowest BCUT2D eigenvalue weighted by molar-refractivity contribution is -0.121. The summed E-state index contributed by atoms with van der Waals surface area (Å²) in [4.78, 5) is 11.9. The first-order chi connectivity index (χ1) is 9.56. The molecule has 0 aliphatic heterocycles. The van der Waals surface area contributed by atoms with E-state index in [4.69, 9.17) is 4.52 Å². The van der Waals surface area contributed by atoms with Crippen molar-refractivity contribution in [2.24, 2.45) is 5.92 Å². The Morgan fingerprint density at radius 3 is 2.65 bits per heavy atom. The van der Waals surface area contributed by atoms with E-state index < -0.39 is 0 Å². The van der Waals surface area contributed by atoms with Crippen molar-refractivity contribution in [3.63, 3.8) is 0 Å². The molecule has 1 aliphatic carbocycles. The zero-order valence-corrected chi connectivity index (χ0v) is 12.3. The smallest absolute Gasteiger partial charge is 0.220 e. The second-order valence-corrected chi connectivity index (χ2v) is 5.78. The SMILES string of the molecule is Cc1noc(C)c1CCC(=O)NCC1CCC(O)CC1. The van der Waals surface area contributed by atoms with E-state index >= 15 is 0 Å². The van der Waals surface area contributed by atoms with Gasteiger partial charge in [0.15, 0.2) is 0 Å². The first-order valence-electron chi connectivity index (χ1n) is 7.42. The predicted octanol–water partition coefficient (Wildman–Crippen LogP) is 1.89. The second kappa shape index (κ2) is 6.88. The summed E-state index contributed by atoms with van der Waals surface area (Å²) < 4.78 is 5.09. The molecule has 5 nitrogen and oxygen atoms in total. The van der Waals surface area contributed by atoms with E-state index in [9.17, 15) is 9.90 Å². The van der Waals surface area contributed by atoms with Crippen molar-refractivity contribution < 1.29 is 14.4 Å². The minimum Gasteiger partial charge on any atom is -0.393 e. The van der Waals surface area contributed by atoms with Crippen LogP contribution < -0.4 is 5.32 Å². The van der Waals surface area contributed by atoms with Crippen molar-refractivity contribution in [3.05, 3.63) is 17.0 Å². The maximum absolute atomic E-state index is 11.9. The number of hydrogen-bond donors (Lipinski definition) is 2. The van der Waals surface area contributed by atoms with Crippen LogP contribution in [-0.4, -0.2) is 28.8 Å². The number of carbonyl (C=O) groups excluding carboxylic acids is 1. The van der Waals surface area contributed by atoms with E-state index in [0.29, 0.717) is 18.8 Å². The largest absolute Gasteiger partial charge is 0.393 e. The Kier molecular flexibility index (Phi) is 5.17. The Bertz CT molecular complexity index is 428. The van der Waals surface area contributed by atoms with E-state index in [1.54, 1.807) is 0 Å². The Morgan fingerprint density at radius 2 is 2.05 bits per heavy atom. The summed E-state index contributed by atoms with van der Waals surface area (Å²) in [5.74, 6) is 1.40. The topological polar surface area (TPSA) is 75.4 Å². The van der Waals surface area contributed by atoms with Gasteiger partial charge in [-0.3, -0.25) is 4.79 Å². The molecule has 0 aromatic carbocycles. The van der Waals surface area contributed by atoms with Crippen molar-refractivity contribution in [1.82, 2.24) is 10.5 Å². The minimum atomic E-state index is -0.138. The fourth-order valence-electron chi connectivity index (χ4n) is 2.79. The van der Waals surface area contributed by atoms with Gasteiger partial charge >= 0.3 is 0 Å². The maximum atomic E-state index is 11.9. The molecule has 2 rings (SSSR count). The normalized spacial score (nSPS) is 22.8. The number of aromatic nitrogens is 1. The number of aliphatic hydroxyl groups is 1. The Morgan fingerprint density at radius 1 is 1.35 bits per heavy atom.